The van der Waals surface area contributed by atoms with Gasteiger partial charge in [-0.1, -0.05) is 17.7 Å². The number of carbonyl (C=O) groups is 1. The molecular weight excluding hydrogens is 240 g/mol. The van der Waals surface area contributed by atoms with Gasteiger partial charge in [0.25, 0.3) is 0 Å². The number of benzene rings is 1. The van der Waals surface area contributed by atoms with Crippen molar-refractivity contribution in [2.75, 3.05) is 25.1 Å². The first-order valence-corrected chi connectivity index (χ1v) is 6.67. The lowest BCUT2D eigenvalue weighted by molar-refractivity contribution is -0.128. The largest absolute Gasteiger partial charge is 0.394 e. The van der Waals surface area contributed by atoms with Crippen molar-refractivity contribution in [3.8, 4) is 0 Å². The fraction of sp³-hybridized carbons (Fsp3) is 0.533. The van der Waals surface area contributed by atoms with Crippen LogP contribution in [0.15, 0.2) is 18.2 Å². The van der Waals surface area contributed by atoms with E-state index in [1.165, 1.54) is 5.56 Å². The second-order valence-corrected chi connectivity index (χ2v) is 5.45. The quantitative estimate of drug-likeness (QED) is 0.874. The van der Waals surface area contributed by atoms with Crippen molar-refractivity contribution in [3.05, 3.63) is 29.3 Å². The molecule has 104 valence electrons. The summed E-state index contributed by atoms with van der Waals surface area (Å²) in [6, 6.07) is 5.89. The number of likely N-dealkylation sites (N-methyl/N-ethyl adjacent to an activating group) is 1. The predicted octanol–water partition coefficient (Wildman–Crippen LogP) is 1.33. The van der Waals surface area contributed by atoms with Crippen LogP contribution in [0, 0.1) is 13.8 Å². The van der Waals surface area contributed by atoms with E-state index in [0.717, 1.165) is 11.3 Å². The highest BCUT2D eigenvalue weighted by Gasteiger charge is 2.37. The van der Waals surface area contributed by atoms with Gasteiger partial charge >= 0.3 is 0 Å². The third kappa shape index (κ3) is 2.51. The van der Waals surface area contributed by atoms with Gasteiger partial charge in [0.05, 0.1) is 6.61 Å². The van der Waals surface area contributed by atoms with Crippen molar-refractivity contribution in [1.29, 1.82) is 0 Å². The molecule has 2 atom stereocenters. The van der Waals surface area contributed by atoms with Crippen LogP contribution in [0.1, 0.15) is 18.1 Å². The highest BCUT2D eigenvalue weighted by atomic mass is 16.3. The zero-order valence-electron chi connectivity index (χ0n) is 12.1. The van der Waals surface area contributed by atoms with Crippen LogP contribution in [0.25, 0.3) is 0 Å². The van der Waals surface area contributed by atoms with Gasteiger partial charge in [0.15, 0.2) is 0 Å². The fourth-order valence-electron chi connectivity index (χ4n) is 2.68. The summed E-state index contributed by atoms with van der Waals surface area (Å²) in [5.74, 6) is -0.0185. The molecule has 4 heteroatoms. The van der Waals surface area contributed by atoms with E-state index in [9.17, 15) is 9.90 Å². The molecule has 0 aliphatic carbocycles. The van der Waals surface area contributed by atoms with Crippen LogP contribution < -0.4 is 4.90 Å². The second kappa shape index (κ2) is 5.31. The maximum Gasteiger partial charge on any atom is 0.246 e. The molecule has 4 nitrogen and oxygen atoms in total. The Kier molecular flexibility index (Phi) is 3.92. The van der Waals surface area contributed by atoms with Crippen LogP contribution in [0.2, 0.25) is 0 Å². The molecule has 19 heavy (non-hydrogen) atoms. The molecule has 0 spiro atoms. The number of piperazine rings is 1. The fourth-order valence-corrected chi connectivity index (χ4v) is 2.68. The number of amides is 1. The topological polar surface area (TPSA) is 43.8 Å². The van der Waals surface area contributed by atoms with Crippen LogP contribution in [0.4, 0.5) is 5.69 Å². The number of carbonyl (C=O) groups excluding carboxylic acids is 1. The molecule has 1 amide bonds. The van der Waals surface area contributed by atoms with E-state index in [0.29, 0.717) is 6.54 Å². The number of nitrogens with zero attached hydrogens (tertiary/aromatic N) is 2. The Morgan fingerprint density at radius 1 is 1.37 bits per heavy atom. The van der Waals surface area contributed by atoms with Crippen molar-refractivity contribution in [2.24, 2.45) is 0 Å². The second-order valence-electron chi connectivity index (χ2n) is 5.45. The summed E-state index contributed by atoms with van der Waals surface area (Å²) in [5.41, 5.74) is 3.24. The van der Waals surface area contributed by atoms with Crippen LogP contribution in [0.3, 0.4) is 0 Å². The number of aliphatic hydroxyl groups excluding tert-OH is 1. The van der Waals surface area contributed by atoms with Gasteiger partial charge in [0.2, 0.25) is 5.91 Å². The molecule has 0 aromatic heterocycles. The molecule has 1 heterocycles. The van der Waals surface area contributed by atoms with E-state index < -0.39 is 6.04 Å². The first-order valence-electron chi connectivity index (χ1n) is 6.67. The number of hydrogen-bond donors (Lipinski definition) is 1. The summed E-state index contributed by atoms with van der Waals surface area (Å²) in [6.45, 7) is 6.66. The van der Waals surface area contributed by atoms with Gasteiger partial charge in [0, 0.05) is 18.3 Å². The summed E-state index contributed by atoms with van der Waals surface area (Å²) in [4.78, 5) is 16.2. The zero-order chi connectivity index (χ0) is 14.2. The Morgan fingerprint density at radius 3 is 2.63 bits per heavy atom. The summed E-state index contributed by atoms with van der Waals surface area (Å²) >= 11 is 0. The van der Waals surface area contributed by atoms with Crippen molar-refractivity contribution < 1.29 is 9.90 Å². The van der Waals surface area contributed by atoms with Crippen molar-refractivity contribution in [3.63, 3.8) is 0 Å². The molecule has 1 aromatic carbocycles. The minimum atomic E-state index is -0.440. The third-order valence-corrected chi connectivity index (χ3v) is 4.00. The summed E-state index contributed by atoms with van der Waals surface area (Å²) < 4.78 is 0. The molecule has 2 unspecified atom stereocenters. The SMILES string of the molecule is Cc1ccc(N2CC(C)N(C)C(CO)C2=O)c(C)c1. The number of anilines is 1. The van der Waals surface area contributed by atoms with Crippen molar-refractivity contribution in [1.82, 2.24) is 4.90 Å². The van der Waals surface area contributed by atoms with Gasteiger partial charge in [-0.2, -0.15) is 0 Å². The molecule has 0 saturated carbocycles. The Hall–Kier alpha value is -1.39. The number of rotatable bonds is 2. The Bertz CT molecular complexity index is 487. The summed E-state index contributed by atoms with van der Waals surface area (Å²) in [6.07, 6.45) is 0. The number of hydrogen-bond acceptors (Lipinski definition) is 3. The molecule has 0 radical (unpaired) electrons. The Balaban J connectivity index is 2.36. The molecular formula is C15H22N2O2. The summed E-state index contributed by atoms with van der Waals surface area (Å²) in [7, 11) is 1.89. The van der Waals surface area contributed by atoms with Crippen LogP contribution in [-0.2, 0) is 4.79 Å². The normalized spacial score (nSPS) is 24.9. The standard InChI is InChI=1S/C15H22N2O2/c1-10-5-6-13(11(2)7-10)17-8-12(3)16(4)14(9-18)15(17)19/h5-7,12,14,18H,8-9H2,1-4H3. The van der Waals surface area contributed by atoms with Crippen molar-refractivity contribution >= 4 is 11.6 Å². The van der Waals surface area contributed by atoms with Gasteiger partial charge in [-0.15, -0.1) is 0 Å². The van der Waals surface area contributed by atoms with Crippen LogP contribution >= 0.6 is 0 Å². The molecule has 1 aliphatic heterocycles. The van der Waals surface area contributed by atoms with E-state index in [1.54, 1.807) is 4.90 Å². The number of aryl methyl sites for hydroxylation is 2. The first kappa shape index (κ1) is 14.0. The molecule has 1 fully saturated rings. The lowest BCUT2D eigenvalue weighted by atomic mass is 10.0. The van der Waals surface area contributed by atoms with E-state index in [1.807, 2.05) is 37.9 Å². The smallest absolute Gasteiger partial charge is 0.246 e. The third-order valence-electron chi connectivity index (χ3n) is 4.00. The first-order chi connectivity index (χ1) is 8.95. The van der Waals surface area contributed by atoms with E-state index in [4.69, 9.17) is 0 Å². The summed E-state index contributed by atoms with van der Waals surface area (Å²) in [5, 5.41) is 9.44. The lowest BCUT2D eigenvalue weighted by Crippen LogP contribution is -2.61. The lowest BCUT2D eigenvalue weighted by Gasteiger charge is -2.42. The highest BCUT2D eigenvalue weighted by Crippen LogP contribution is 2.26. The van der Waals surface area contributed by atoms with Gasteiger partial charge in [-0.05, 0) is 39.4 Å². The van der Waals surface area contributed by atoms with Gasteiger partial charge in [0.1, 0.15) is 6.04 Å². The average Bonchev–Trinajstić information content (AvgIpc) is 2.35. The average molecular weight is 262 g/mol. The zero-order valence-corrected chi connectivity index (χ0v) is 12.1. The van der Waals surface area contributed by atoms with Crippen LogP contribution in [0.5, 0.6) is 0 Å². The molecule has 1 aromatic rings. The highest BCUT2D eigenvalue weighted by molar-refractivity contribution is 5.98. The monoisotopic (exact) mass is 262 g/mol. The molecule has 1 aliphatic rings. The minimum absolute atomic E-state index is 0.0185. The van der Waals surface area contributed by atoms with E-state index in [2.05, 4.69) is 13.0 Å². The maximum absolute atomic E-state index is 12.5. The predicted molar refractivity (Wildman–Crippen MR) is 76.4 cm³/mol. The maximum atomic E-state index is 12.5. The molecule has 1 saturated heterocycles. The Labute approximate surface area is 114 Å². The molecule has 0 bridgehead atoms. The molecule has 1 N–H and O–H groups in total. The Morgan fingerprint density at radius 2 is 2.05 bits per heavy atom. The molecule has 2 rings (SSSR count). The number of aliphatic hydroxyl groups is 1. The van der Waals surface area contributed by atoms with E-state index >= 15 is 0 Å². The van der Waals surface area contributed by atoms with Gasteiger partial charge in [-0.25, -0.2) is 0 Å². The van der Waals surface area contributed by atoms with E-state index in [-0.39, 0.29) is 18.6 Å². The van der Waals surface area contributed by atoms with Gasteiger partial charge in [-0.3, -0.25) is 9.69 Å². The minimum Gasteiger partial charge on any atom is -0.394 e. The van der Waals surface area contributed by atoms with Crippen LogP contribution in [-0.4, -0.2) is 48.2 Å². The van der Waals surface area contributed by atoms with Crippen molar-refractivity contribution in [2.45, 2.75) is 32.9 Å². The van der Waals surface area contributed by atoms with Gasteiger partial charge < -0.3 is 10.0 Å².